The second kappa shape index (κ2) is 8.36. The van der Waals surface area contributed by atoms with Crippen molar-refractivity contribution < 1.29 is 14.4 Å². The van der Waals surface area contributed by atoms with E-state index in [1.165, 1.54) is 0 Å². The Bertz CT molecular complexity index is 918. The second-order valence-corrected chi connectivity index (χ2v) is 6.22. The van der Waals surface area contributed by atoms with Gasteiger partial charge < -0.3 is 9.47 Å². The number of ether oxygens (including phenoxy) is 2. The lowest BCUT2D eigenvalue weighted by atomic mass is 9.93. The minimum absolute atomic E-state index is 0.150. The molecule has 3 aromatic rings. The molecule has 0 aliphatic carbocycles. The zero-order valence-electron chi connectivity index (χ0n) is 15.3. The highest BCUT2D eigenvalue weighted by Crippen LogP contribution is 2.28. The lowest BCUT2D eigenvalue weighted by Gasteiger charge is -2.11. The van der Waals surface area contributed by atoms with Gasteiger partial charge in [-0.05, 0) is 47.4 Å². The summed E-state index contributed by atoms with van der Waals surface area (Å²) in [5, 5.41) is 11.6. The Balaban J connectivity index is 1.94. The molecule has 138 valence electrons. The normalized spacial score (nSPS) is 10.4. The van der Waals surface area contributed by atoms with Gasteiger partial charge in [0.15, 0.2) is 0 Å². The van der Waals surface area contributed by atoms with Crippen molar-refractivity contribution in [3.05, 3.63) is 99.1 Å². The van der Waals surface area contributed by atoms with Gasteiger partial charge in [0.05, 0.1) is 19.1 Å². The molecule has 0 aliphatic heterocycles. The first-order valence-electron chi connectivity index (χ1n) is 8.61. The molecule has 0 N–H and O–H groups in total. The molecule has 3 aromatic carbocycles. The Labute approximate surface area is 158 Å². The second-order valence-electron chi connectivity index (χ2n) is 6.22. The monoisotopic (exact) mass is 363 g/mol. The van der Waals surface area contributed by atoms with E-state index in [4.69, 9.17) is 9.47 Å². The Kier molecular flexibility index (Phi) is 5.71. The van der Waals surface area contributed by atoms with E-state index in [2.05, 4.69) is 0 Å². The Hall–Kier alpha value is -3.34. The molecule has 5 heteroatoms. The molecule has 0 aromatic heterocycles. The summed E-state index contributed by atoms with van der Waals surface area (Å²) in [6, 6.07) is 20.6. The van der Waals surface area contributed by atoms with Crippen LogP contribution in [0.3, 0.4) is 0 Å². The third-order valence-electron chi connectivity index (χ3n) is 4.54. The minimum Gasteiger partial charge on any atom is -0.497 e. The molecular weight excluding hydrogens is 342 g/mol. The van der Waals surface area contributed by atoms with Crippen molar-refractivity contribution in [2.75, 3.05) is 14.2 Å². The van der Waals surface area contributed by atoms with Gasteiger partial charge in [-0.25, -0.2) is 0 Å². The lowest BCUT2D eigenvalue weighted by molar-refractivity contribution is -0.385. The molecule has 0 spiro atoms. The van der Waals surface area contributed by atoms with Gasteiger partial charge in [-0.3, -0.25) is 10.1 Å². The highest BCUT2D eigenvalue weighted by Gasteiger charge is 2.18. The first-order chi connectivity index (χ1) is 13.1. The molecule has 0 radical (unpaired) electrons. The van der Waals surface area contributed by atoms with E-state index >= 15 is 0 Å². The number of nitrogens with zero attached hydrogens (tertiary/aromatic N) is 1. The van der Waals surface area contributed by atoms with Gasteiger partial charge in [-0.1, -0.05) is 36.4 Å². The molecule has 0 atom stereocenters. The van der Waals surface area contributed by atoms with Crippen LogP contribution in [-0.2, 0) is 12.8 Å². The number of hydrogen-bond donors (Lipinski definition) is 0. The number of methoxy groups -OCH3 is 2. The third kappa shape index (κ3) is 4.44. The van der Waals surface area contributed by atoms with Crippen molar-refractivity contribution >= 4 is 5.69 Å². The summed E-state index contributed by atoms with van der Waals surface area (Å²) >= 11 is 0. The summed E-state index contributed by atoms with van der Waals surface area (Å²) in [5.74, 6) is 1.55. The zero-order valence-corrected chi connectivity index (χ0v) is 15.3. The van der Waals surface area contributed by atoms with E-state index in [0.717, 1.165) is 33.8 Å². The molecule has 27 heavy (non-hydrogen) atoms. The van der Waals surface area contributed by atoms with Gasteiger partial charge in [0.1, 0.15) is 11.5 Å². The maximum absolute atomic E-state index is 11.6. The molecule has 0 heterocycles. The topological polar surface area (TPSA) is 61.6 Å². The molecule has 0 aliphatic rings. The Morgan fingerprint density at radius 3 is 1.78 bits per heavy atom. The molecule has 0 amide bonds. The van der Waals surface area contributed by atoms with Crippen molar-refractivity contribution in [3.8, 4) is 11.5 Å². The molecule has 0 saturated carbocycles. The van der Waals surface area contributed by atoms with E-state index in [0.29, 0.717) is 12.8 Å². The highest BCUT2D eigenvalue weighted by atomic mass is 16.6. The quantitative estimate of drug-likeness (QED) is 0.447. The smallest absolute Gasteiger partial charge is 0.273 e. The van der Waals surface area contributed by atoms with Gasteiger partial charge in [0.2, 0.25) is 0 Å². The van der Waals surface area contributed by atoms with Crippen LogP contribution in [0.4, 0.5) is 5.69 Å². The van der Waals surface area contributed by atoms with Crippen LogP contribution in [0.5, 0.6) is 11.5 Å². The first-order valence-corrected chi connectivity index (χ1v) is 8.61. The van der Waals surface area contributed by atoms with Crippen molar-refractivity contribution in [2.24, 2.45) is 0 Å². The molecular formula is C22H21NO4. The average Bonchev–Trinajstić information content (AvgIpc) is 2.70. The third-order valence-corrected chi connectivity index (χ3v) is 4.54. The fourth-order valence-electron chi connectivity index (χ4n) is 3.07. The molecule has 3 rings (SSSR count). The van der Waals surface area contributed by atoms with Crippen LogP contribution in [0.1, 0.15) is 22.3 Å². The molecule has 0 fully saturated rings. The molecule has 0 saturated heterocycles. The predicted molar refractivity (Wildman–Crippen MR) is 105 cm³/mol. The van der Waals surface area contributed by atoms with Crippen LogP contribution in [0.15, 0.2) is 66.7 Å². The highest BCUT2D eigenvalue weighted by molar-refractivity contribution is 5.50. The lowest BCUT2D eigenvalue weighted by Crippen LogP contribution is -2.03. The van der Waals surface area contributed by atoms with Crippen molar-refractivity contribution in [1.29, 1.82) is 0 Å². The summed E-state index contributed by atoms with van der Waals surface area (Å²) < 4.78 is 10.4. The van der Waals surface area contributed by atoms with Gasteiger partial charge in [0.25, 0.3) is 5.69 Å². The summed E-state index contributed by atoms with van der Waals surface area (Å²) in [6.07, 6.45) is 1.11. The first kappa shape index (κ1) is 18.5. The minimum atomic E-state index is -0.309. The van der Waals surface area contributed by atoms with E-state index in [9.17, 15) is 10.1 Å². The fourth-order valence-corrected chi connectivity index (χ4v) is 3.07. The van der Waals surface area contributed by atoms with Crippen LogP contribution in [0.25, 0.3) is 0 Å². The van der Waals surface area contributed by atoms with Crippen LogP contribution in [-0.4, -0.2) is 19.1 Å². The van der Waals surface area contributed by atoms with Crippen LogP contribution in [0, 0.1) is 10.1 Å². The zero-order chi connectivity index (χ0) is 19.2. The number of nitro benzene ring substituents is 1. The summed E-state index contributed by atoms with van der Waals surface area (Å²) in [5.41, 5.74) is 3.92. The molecule has 5 nitrogen and oxygen atoms in total. The van der Waals surface area contributed by atoms with Crippen LogP contribution >= 0.6 is 0 Å². The van der Waals surface area contributed by atoms with E-state index in [1.54, 1.807) is 26.4 Å². The molecule has 0 unspecified atom stereocenters. The van der Waals surface area contributed by atoms with Crippen molar-refractivity contribution in [2.45, 2.75) is 12.8 Å². The fraction of sp³-hybridized carbons (Fsp3) is 0.182. The number of benzene rings is 3. The van der Waals surface area contributed by atoms with E-state index in [-0.39, 0.29) is 10.6 Å². The summed E-state index contributed by atoms with van der Waals surface area (Å²) in [6.45, 7) is 0. The summed E-state index contributed by atoms with van der Waals surface area (Å²) in [4.78, 5) is 11.3. The predicted octanol–water partition coefficient (Wildman–Crippen LogP) is 4.79. The van der Waals surface area contributed by atoms with E-state index in [1.807, 2.05) is 54.6 Å². The van der Waals surface area contributed by atoms with Crippen molar-refractivity contribution in [3.63, 3.8) is 0 Å². The summed E-state index contributed by atoms with van der Waals surface area (Å²) in [7, 11) is 3.24. The number of nitro groups is 1. The van der Waals surface area contributed by atoms with Crippen LogP contribution in [0.2, 0.25) is 0 Å². The van der Waals surface area contributed by atoms with Crippen LogP contribution < -0.4 is 9.47 Å². The molecule has 0 bridgehead atoms. The maximum Gasteiger partial charge on any atom is 0.273 e. The number of rotatable bonds is 7. The van der Waals surface area contributed by atoms with Gasteiger partial charge in [-0.15, -0.1) is 0 Å². The largest absolute Gasteiger partial charge is 0.497 e. The Morgan fingerprint density at radius 1 is 0.778 bits per heavy atom. The average molecular weight is 363 g/mol. The van der Waals surface area contributed by atoms with Gasteiger partial charge in [-0.2, -0.15) is 0 Å². The Morgan fingerprint density at radius 2 is 1.30 bits per heavy atom. The van der Waals surface area contributed by atoms with Crippen molar-refractivity contribution in [1.82, 2.24) is 0 Å². The standard InChI is InChI=1S/C22H21NO4/c1-26-19-10-6-16(7-11-19)14-18-4-3-5-22(23(24)25)21(18)15-17-8-12-20(27-2)13-9-17/h3-13H,14-15H2,1-2H3. The van der Waals surface area contributed by atoms with E-state index < -0.39 is 0 Å². The number of hydrogen-bond acceptors (Lipinski definition) is 4. The van der Waals surface area contributed by atoms with Gasteiger partial charge >= 0.3 is 0 Å². The SMILES string of the molecule is COc1ccc(Cc2cccc([N+](=O)[O-])c2Cc2ccc(OC)cc2)cc1. The maximum atomic E-state index is 11.6. The van der Waals surface area contributed by atoms with Gasteiger partial charge in [0, 0.05) is 18.1 Å².